The lowest BCUT2D eigenvalue weighted by Crippen LogP contribution is -2.18. The van der Waals surface area contributed by atoms with Gasteiger partial charge in [-0.1, -0.05) is 17.7 Å². The predicted molar refractivity (Wildman–Crippen MR) is 77.6 cm³/mol. The molecule has 0 fully saturated rings. The van der Waals surface area contributed by atoms with Crippen LogP contribution in [0.2, 0.25) is 5.02 Å². The molecule has 0 aliphatic heterocycles. The number of nitrogens with zero attached hydrogens (tertiary/aromatic N) is 1. The smallest absolute Gasteiger partial charge is 0.179 e. The number of halogens is 1. The van der Waals surface area contributed by atoms with E-state index in [9.17, 15) is 0 Å². The Morgan fingerprint density at radius 3 is 2.63 bits per heavy atom. The summed E-state index contributed by atoms with van der Waals surface area (Å²) in [7, 11) is 5.04. The maximum Gasteiger partial charge on any atom is 0.179 e. The average molecular weight is 299 g/mol. The van der Waals surface area contributed by atoms with Crippen molar-refractivity contribution in [1.82, 2.24) is 10.3 Å². The molecule has 0 bridgehead atoms. The fraction of sp³-hybridized carbons (Fsp3) is 0.308. The molecule has 0 radical (unpaired) electrons. The molecule has 0 aliphatic rings. The lowest BCUT2D eigenvalue weighted by atomic mass is 10.1. The highest BCUT2D eigenvalue weighted by Gasteiger charge is 2.22. The zero-order chi connectivity index (χ0) is 13.8. The van der Waals surface area contributed by atoms with E-state index >= 15 is 0 Å². The Labute approximate surface area is 121 Å². The Morgan fingerprint density at radius 1 is 1.32 bits per heavy atom. The number of aromatic nitrogens is 1. The van der Waals surface area contributed by atoms with E-state index in [4.69, 9.17) is 21.1 Å². The summed E-state index contributed by atoms with van der Waals surface area (Å²) in [5, 5.41) is 6.65. The van der Waals surface area contributed by atoms with Gasteiger partial charge in [-0.05, 0) is 18.7 Å². The van der Waals surface area contributed by atoms with Crippen LogP contribution in [0.5, 0.6) is 11.5 Å². The van der Waals surface area contributed by atoms with Crippen LogP contribution < -0.4 is 14.8 Å². The Kier molecular flexibility index (Phi) is 4.63. The van der Waals surface area contributed by atoms with Crippen LogP contribution in [0, 0.1) is 0 Å². The van der Waals surface area contributed by atoms with E-state index in [1.807, 2.05) is 24.6 Å². The molecule has 102 valence electrons. The number of nitrogens with one attached hydrogen (secondary N) is 1. The summed E-state index contributed by atoms with van der Waals surface area (Å²) in [6.07, 6.45) is 1.78. The molecular formula is C13H15ClN2O2S. The van der Waals surface area contributed by atoms with E-state index in [0.29, 0.717) is 16.5 Å². The van der Waals surface area contributed by atoms with E-state index in [2.05, 4.69) is 10.3 Å². The summed E-state index contributed by atoms with van der Waals surface area (Å²) in [5.74, 6) is 1.16. The molecular weight excluding hydrogens is 284 g/mol. The Bertz CT molecular complexity index is 546. The van der Waals surface area contributed by atoms with Crippen molar-refractivity contribution in [2.75, 3.05) is 21.3 Å². The number of thiazole rings is 1. The number of hydrogen-bond acceptors (Lipinski definition) is 5. The van der Waals surface area contributed by atoms with Crippen molar-refractivity contribution < 1.29 is 9.47 Å². The first-order valence-electron chi connectivity index (χ1n) is 5.70. The molecule has 1 aromatic heterocycles. The summed E-state index contributed by atoms with van der Waals surface area (Å²) in [4.78, 5) is 4.33. The normalized spacial score (nSPS) is 12.2. The van der Waals surface area contributed by atoms with Gasteiger partial charge in [0, 0.05) is 11.6 Å². The maximum atomic E-state index is 6.42. The number of methoxy groups -OCH3 is 2. The molecule has 4 nitrogen and oxygen atoms in total. The molecule has 0 spiro atoms. The van der Waals surface area contributed by atoms with Crippen LogP contribution in [0.25, 0.3) is 0 Å². The quantitative estimate of drug-likeness (QED) is 0.921. The van der Waals surface area contributed by atoms with Crippen LogP contribution in [-0.4, -0.2) is 26.3 Å². The highest BCUT2D eigenvalue weighted by molar-refractivity contribution is 7.09. The van der Waals surface area contributed by atoms with Crippen LogP contribution in [0.3, 0.4) is 0 Å². The molecule has 1 heterocycles. The summed E-state index contributed by atoms with van der Waals surface area (Å²) in [5.41, 5.74) is 0.914. The van der Waals surface area contributed by atoms with Crippen LogP contribution in [0.1, 0.15) is 16.6 Å². The van der Waals surface area contributed by atoms with Gasteiger partial charge in [0.25, 0.3) is 0 Å². The second-order valence-corrected chi connectivity index (χ2v) is 5.10. The average Bonchev–Trinajstić information content (AvgIpc) is 2.95. The highest BCUT2D eigenvalue weighted by atomic mass is 35.5. The number of benzene rings is 1. The monoisotopic (exact) mass is 298 g/mol. The van der Waals surface area contributed by atoms with Crippen LogP contribution in [0.4, 0.5) is 0 Å². The Morgan fingerprint density at radius 2 is 2.11 bits per heavy atom. The second kappa shape index (κ2) is 6.23. The van der Waals surface area contributed by atoms with Gasteiger partial charge in [-0.3, -0.25) is 0 Å². The molecule has 1 aromatic carbocycles. The van der Waals surface area contributed by atoms with Crippen molar-refractivity contribution in [3.8, 4) is 11.5 Å². The standard InChI is InChI=1S/C13H15ClN2O2S/c1-15-11(13-16-6-7-19-13)8-4-5-9(17-2)12(18-3)10(8)14/h4-7,11,15H,1-3H3. The first-order valence-corrected chi connectivity index (χ1v) is 6.95. The number of hydrogen-bond donors (Lipinski definition) is 1. The van der Waals surface area contributed by atoms with Gasteiger partial charge in [0.15, 0.2) is 11.5 Å². The molecule has 0 aliphatic carbocycles. The second-order valence-electron chi connectivity index (χ2n) is 3.80. The van der Waals surface area contributed by atoms with Crippen molar-refractivity contribution >= 4 is 22.9 Å². The fourth-order valence-electron chi connectivity index (χ4n) is 1.92. The molecule has 2 aromatic rings. The lowest BCUT2D eigenvalue weighted by Gasteiger charge is -2.18. The van der Waals surface area contributed by atoms with Crippen LogP contribution in [0.15, 0.2) is 23.7 Å². The van der Waals surface area contributed by atoms with Gasteiger partial charge in [0.2, 0.25) is 0 Å². The van der Waals surface area contributed by atoms with Crippen LogP contribution >= 0.6 is 22.9 Å². The van der Waals surface area contributed by atoms with Gasteiger partial charge in [-0.15, -0.1) is 11.3 Å². The van der Waals surface area contributed by atoms with E-state index in [1.165, 1.54) is 0 Å². The third kappa shape index (κ3) is 2.68. The third-order valence-electron chi connectivity index (χ3n) is 2.81. The van der Waals surface area contributed by atoms with E-state index in [0.717, 1.165) is 10.6 Å². The highest BCUT2D eigenvalue weighted by Crippen LogP contribution is 2.41. The molecule has 19 heavy (non-hydrogen) atoms. The number of ether oxygens (including phenoxy) is 2. The van der Waals surface area contributed by atoms with E-state index in [1.54, 1.807) is 31.8 Å². The first-order chi connectivity index (χ1) is 9.22. The van der Waals surface area contributed by atoms with Gasteiger partial charge in [-0.2, -0.15) is 0 Å². The fourth-order valence-corrected chi connectivity index (χ4v) is 3.02. The summed E-state index contributed by atoms with van der Waals surface area (Å²) < 4.78 is 10.6. The summed E-state index contributed by atoms with van der Waals surface area (Å²) in [6, 6.07) is 3.71. The van der Waals surface area contributed by atoms with E-state index in [-0.39, 0.29) is 6.04 Å². The van der Waals surface area contributed by atoms with Crippen molar-refractivity contribution in [2.24, 2.45) is 0 Å². The molecule has 1 atom stereocenters. The molecule has 0 saturated heterocycles. The SMILES string of the molecule is CNC(c1nccs1)c1ccc(OC)c(OC)c1Cl. The zero-order valence-corrected chi connectivity index (χ0v) is 12.5. The Hall–Kier alpha value is -1.30. The van der Waals surface area contributed by atoms with Crippen molar-refractivity contribution in [3.05, 3.63) is 39.3 Å². The van der Waals surface area contributed by atoms with Gasteiger partial charge < -0.3 is 14.8 Å². The van der Waals surface area contributed by atoms with Crippen molar-refractivity contribution in [3.63, 3.8) is 0 Å². The van der Waals surface area contributed by atoms with Gasteiger partial charge in [-0.25, -0.2) is 4.98 Å². The minimum absolute atomic E-state index is 0.0627. The van der Waals surface area contributed by atoms with E-state index < -0.39 is 0 Å². The van der Waals surface area contributed by atoms with Crippen LogP contribution in [-0.2, 0) is 0 Å². The minimum Gasteiger partial charge on any atom is -0.493 e. The minimum atomic E-state index is -0.0627. The van der Waals surface area contributed by atoms with Gasteiger partial charge in [0.05, 0.1) is 25.3 Å². The molecule has 6 heteroatoms. The maximum absolute atomic E-state index is 6.42. The lowest BCUT2D eigenvalue weighted by molar-refractivity contribution is 0.354. The molecule has 0 saturated carbocycles. The third-order valence-corrected chi connectivity index (χ3v) is 4.04. The molecule has 1 N–H and O–H groups in total. The predicted octanol–water partition coefficient (Wildman–Crippen LogP) is 3.12. The van der Waals surface area contributed by atoms with Crippen molar-refractivity contribution in [2.45, 2.75) is 6.04 Å². The van der Waals surface area contributed by atoms with Gasteiger partial charge >= 0.3 is 0 Å². The molecule has 1 unspecified atom stereocenters. The van der Waals surface area contributed by atoms with Gasteiger partial charge in [0.1, 0.15) is 5.01 Å². The topological polar surface area (TPSA) is 43.4 Å². The largest absolute Gasteiger partial charge is 0.493 e. The zero-order valence-electron chi connectivity index (χ0n) is 10.9. The first kappa shape index (κ1) is 14.1. The summed E-state index contributed by atoms with van der Waals surface area (Å²) in [6.45, 7) is 0. The Balaban J connectivity index is 2.50. The summed E-state index contributed by atoms with van der Waals surface area (Å²) >= 11 is 7.99. The molecule has 0 amide bonds. The van der Waals surface area contributed by atoms with Crippen molar-refractivity contribution in [1.29, 1.82) is 0 Å². The number of rotatable bonds is 5. The molecule has 2 rings (SSSR count).